The Labute approximate surface area is 109 Å². The number of hydrogen-bond donors (Lipinski definition) is 1. The van der Waals surface area contributed by atoms with Crippen molar-refractivity contribution in [2.75, 3.05) is 11.0 Å². The van der Waals surface area contributed by atoms with Crippen LogP contribution in [0.3, 0.4) is 0 Å². The van der Waals surface area contributed by atoms with Gasteiger partial charge in [0.2, 0.25) is 10.0 Å². The molecule has 1 aromatic heterocycles. The van der Waals surface area contributed by atoms with Gasteiger partial charge in [-0.05, 0) is 29.6 Å². The molecule has 90 valence electrons. The second-order valence-corrected chi connectivity index (χ2v) is 6.67. The minimum absolute atomic E-state index is 0.541. The lowest BCUT2D eigenvalue weighted by molar-refractivity contribution is 0.607. The first-order chi connectivity index (χ1) is 7.96. The third-order valence-electron chi connectivity index (χ3n) is 2.06. The van der Waals surface area contributed by atoms with E-state index in [1.807, 2.05) is 17.5 Å². The molecule has 2 aromatic rings. The summed E-state index contributed by atoms with van der Waals surface area (Å²) >= 11 is 7.46. The molecule has 1 heterocycles. The molecule has 0 aliphatic rings. The van der Waals surface area contributed by atoms with Crippen LogP contribution < -0.4 is 4.72 Å². The molecular weight excluding hydrogens is 278 g/mol. The third kappa shape index (κ3) is 3.21. The normalized spacial score (nSPS) is 11.4. The van der Waals surface area contributed by atoms with Crippen LogP contribution in [0.15, 0.2) is 35.7 Å². The summed E-state index contributed by atoms with van der Waals surface area (Å²) in [5.41, 5.74) is 1.33. The van der Waals surface area contributed by atoms with E-state index in [1.165, 1.54) is 11.3 Å². The molecule has 0 atom stereocenters. The first-order valence-electron chi connectivity index (χ1n) is 4.77. The van der Waals surface area contributed by atoms with E-state index in [0.717, 1.165) is 16.7 Å². The van der Waals surface area contributed by atoms with Gasteiger partial charge in [-0.25, -0.2) is 8.42 Å². The number of thiophene rings is 1. The van der Waals surface area contributed by atoms with Crippen LogP contribution in [-0.2, 0) is 10.0 Å². The largest absolute Gasteiger partial charge is 0.283 e. The zero-order chi connectivity index (χ0) is 12.5. The van der Waals surface area contributed by atoms with Crippen molar-refractivity contribution in [3.05, 3.63) is 40.7 Å². The summed E-state index contributed by atoms with van der Waals surface area (Å²) in [6.45, 7) is 0. The summed E-state index contributed by atoms with van der Waals surface area (Å²) in [4.78, 5) is 0.971. The molecule has 3 nitrogen and oxygen atoms in total. The minimum Gasteiger partial charge on any atom is -0.283 e. The predicted octanol–water partition coefficient (Wildman–Crippen LogP) is 3.44. The molecule has 1 N–H and O–H groups in total. The number of halogens is 1. The van der Waals surface area contributed by atoms with Crippen molar-refractivity contribution < 1.29 is 8.42 Å². The summed E-state index contributed by atoms with van der Waals surface area (Å²) in [6, 6.07) is 8.90. The van der Waals surface area contributed by atoms with E-state index in [-0.39, 0.29) is 0 Å². The Balaban J connectivity index is 2.53. The molecule has 0 saturated heterocycles. The number of sulfonamides is 1. The highest BCUT2D eigenvalue weighted by atomic mass is 35.5. The minimum atomic E-state index is -3.29. The van der Waals surface area contributed by atoms with Crippen molar-refractivity contribution in [3.63, 3.8) is 0 Å². The van der Waals surface area contributed by atoms with Gasteiger partial charge in [-0.2, -0.15) is 0 Å². The van der Waals surface area contributed by atoms with Crippen LogP contribution in [0.4, 0.5) is 5.69 Å². The van der Waals surface area contributed by atoms with Gasteiger partial charge in [-0.1, -0.05) is 17.7 Å². The van der Waals surface area contributed by atoms with Gasteiger partial charge in [0, 0.05) is 15.5 Å². The highest BCUT2D eigenvalue weighted by Crippen LogP contribution is 2.34. The quantitative estimate of drug-likeness (QED) is 0.940. The fourth-order valence-electron chi connectivity index (χ4n) is 1.44. The molecule has 0 aliphatic carbocycles. The fourth-order valence-corrected chi connectivity index (χ4v) is 2.95. The van der Waals surface area contributed by atoms with Crippen LogP contribution in [0, 0.1) is 0 Å². The molecule has 0 bridgehead atoms. The third-order valence-corrected chi connectivity index (χ3v) is 3.79. The van der Waals surface area contributed by atoms with E-state index in [0.29, 0.717) is 10.7 Å². The predicted molar refractivity (Wildman–Crippen MR) is 73.2 cm³/mol. The molecule has 0 saturated carbocycles. The molecule has 0 unspecified atom stereocenters. The standard InChI is InChI=1S/C11H10ClNO2S2/c1-17(14,15)13-10-5-4-8(12)7-9(10)11-3-2-6-16-11/h2-7,13H,1H3. The van der Waals surface area contributed by atoms with Gasteiger partial charge in [-0.15, -0.1) is 11.3 Å². The molecule has 1 aromatic carbocycles. The highest BCUT2D eigenvalue weighted by molar-refractivity contribution is 7.92. The van der Waals surface area contributed by atoms with Crippen LogP contribution in [0.5, 0.6) is 0 Å². The van der Waals surface area contributed by atoms with Crippen LogP contribution in [0.1, 0.15) is 0 Å². The molecule has 0 aliphatic heterocycles. The molecule has 0 radical (unpaired) electrons. The van der Waals surface area contributed by atoms with E-state index >= 15 is 0 Å². The Morgan fingerprint density at radius 3 is 2.65 bits per heavy atom. The van der Waals surface area contributed by atoms with Crippen molar-refractivity contribution in [2.45, 2.75) is 0 Å². The maximum atomic E-state index is 11.3. The Morgan fingerprint density at radius 2 is 2.06 bits per heavy atom. The molecule has 0 amide bonds. The number of hydrogen-bond acceptors (Lipinski definition) is 3. The Bertz CT molecular complexity index is 621. The summed E-state index contributed by atoms with van der Waals surface area (Å²) < 4.78 is 25.0. The Morgan fingerprint density at radius 1 is 1.29 bits per heavy atom. The van der Waals surface area contributed by atoms with Crippen molar-refractivity contribution in [1.29, 1.82) is 0 Å². The van der Waals surface area contributed by atoms with Gasteiger partial charge >= 0.3 is 0 Å². The van der Waals surface area contributed by atoms with Crippen LogP contribution in [0.2, 0.25) is 5.02 Å². The second kappa shape index (κ2) is 4.68. The monoisotopic (exact) mass is 287 g/mol. The van der Waals surface area contributed by atoms with Crippen molar-refractivity contribution in [3.8, 4) is 10.4 Å². The molecule has 17 heavy (non-hydrogen) atoms. The van der Waals surface area contributed by atoms with E-state index in [9.17, 15) is 8.42 Å². The SMILES string of the molecule is CS(=O)(=O)Nc1ccc(Cl)cc1-c1cccs1. The first-order valence-corrected chi connectivity index (χ1v) is 7.92. The summed E-state index contributed by atoms with van der Waals surface area (Å²) in [7, 11) is -3.29. The highest BCUT2D eigenvalue weighted by Gasteiger charge is 2.10. The lowest BCUT2D eigenvalue weighted by Crippen LogP contribution is -2.10. The van der Waals surface area contributed by atoms with Crippen LogP contribution >= 0.6 is 22.9 Å². The number of rotatable bonds is 3. The number of nitrogens with one attached hydrogen (secondary N) is 1. The summed E-state index contributed by atoms with van der Waals surface area (Å²) in [6.07, 6.45) is 1.12. The van der Waals surface area contributed by atoms with Gasteiger partial charge in [0.25, 0.3) is 0 Å². The van der Waals surface area contributed by atoms with Crippen molar-refractivity contribution in [2.24, 2.45) is 0 Å². The van der Waals surface area contributed by atoms with Crippen molar-refractivity contribution in [1.82, 2.24) is 0 Å². The smallest absolute Gasteiger partial charge is 0.229 e. The molecular formula is C11H10ClNO2S2. The number of benzene rings is 1. The van der Waals surface area contributed by atoms with Crippen molar-refractivity contribution >= 4 is 38.6 Å². The lowest BCUT2D eigenvalue weighted by Gasteiger charge is -2.09. The molecule has 2 rings (SSSR count). The van der Waals surface area contributed by atoms with E-state index < -0.39 is 10.0 Å². The van der Waals surface area contributed by atoms with Gasteiger partial charge in [0.05, 0.1) is 11.9 Å². The average Bonchev–Trinajstić information content (AvgIpc) is 2.71. The summed E-state index contributed by atoms with van der Waals surface area (Å²) in [5, 5.41) is 2.51. The molecule has 0 fully saturated rings. The zero-order valence-electron chi connectivity index (χ0n) is 8.98. The second-order valence-electron chi connectivity index (χ2n) is 3.54. The maximum absolute atomic E-state index is 11.3. The number of anilines is 1. The lowest BCUT2D eigenvalue weighted by atomic mass is 10.1. The zero-order valence-corrected chi connectivity index (χ0v) is 11.4. The molecule has 0 spiro atoms. The van der Waals surface area contributed by atoms with E-state index in [1.54, 1.807) is 18.2 Å². The van der Waals surface area contributed by atoms with Gasteiger partial charge in [0.1, 0.15) is 0 Å². The van der Waals surface area contributed by atoms with Gasteiger partial charge in [0.15, 0.2) is 0 Å². The van der Waals surface area contributed by atoms with E-state index in [4.69, 9.17) is 11.6 Å². The fraction of sp³-hybridized carbons (Fsp3) is 0.0909. The van der Waals surface area contributed by atoms with Gasteiger partial charge < -0.3 is 0 Å². The molecule has 6 heteroatoms. The Hall–Kier alpha value is -1.04. The van der Waals surface area contributed by atoms with Crippen LogP contribution in [-0.4, -0.2) is 14.7 Å². The summed E-state index contributed by atoms with van der Waals surface area (Å²) in [5.74, 6) is 0. The Kier molecular flexibility index (Phi) is 3.42. The van der Waals surface area contributed by atoms with Gasteiger partial charge in [-0.3, -0.25) is 4.72 Å². The first kappa shape index (κ1) is 12.4. The maximum Gasteiger partial charge on any atom is 0.229 e. The average molecular weight is 288 g/mol. The van der Waals surface area contributed by atoms with E-state index in [2.05, 4.69) is 4.72 Å². The van der Waals surface area contributed by atoms with Crippen LogP contribution in [0.25, 0.3) is 10.4 Å². The topological polar surface area (TPSA) is 46.2 Å².